The van der Waals surface area contributed by atoms with Gasteiger partial charge in [-0.1, -0.05) is 13.0 Å². The Labute approximate surface area is 114 Å². The molecule has 1 amide bonds. The van der Waals surface area contributed by atoms with E-state index in [2.05, 4.69) is 10.6 Å². The fraction of sp³-hybridized carbons (Fsp3) is 0.462. The fourth-order valence-electron chi connectivity index (χ4n) is 1.84. The molecule has 0 radical (unpaired) electrons. The maximum atomic E-state index is 12.0. The first kappa shape index (κ1) is 14.8. The molecule has 100 valence electrons. The van der Waals surface area contributed by atoms with Crippen LogP contribution in [0.25, 0.3) is 0 Å². The van der Waals surface area contributed by atoms with Gasteiger partial charge in [-0.15, -0.1) is 12.4 Å². The van der Waals surface area contributed by atoms with Crippen LogP contribution in [0.5, 0.6) is 5.75 Å². The lowest BCUT2D eigenvalue weighted by Crippen LogP contribution is -2.48. The van der Waals surface area contributed by atoms with Crippen molar-refractivity contribution in [1.29, 1.82) is 0 Å². The van der Waals surface area contributed by atoms with Crippen LogP contribution in [0, 0.1) is 11.8 Å². The Balaban J connectivity index is 0.00000162. The largest absolute Gasteiger partial charge is 0.497 e. The minimum Gasteiger partial charge on any atom is -0.497 e. The van der Waals surface area contributed by atoms with Gasteiger partial charge in [0.25, 0.3) is 0 Å². The Morgan fingerprint density at radius 3 is 2.78 bits per heavy atom. The van der Waals surface area contributed by atoms with E-state index in [0.29, 0.717) is 5.92 Å². The van der Waals surface area contributed by atoms with Crippen LogP contribution in [0.15, 0.2) is 24.3 Å². The van der Waals surface area contributed by atoms with Crippen LogP contribution in [0.2, 0.25) is 0 Å². The summed E-state index contributed by atoms with van der Waals surface area (Å²) in [6.07, 6.45) is 0. The number of carbonyl (C=O) groups is 1. The molecule has 1 aliphatic rings. The van der Waals surface area contributed by atoms with Crippen LogP contribution >= 0.6 is 12.4 Å². The van der Waals surface area contributed by atoms with Gasteiger partial charge in [0.05, 0.1) is 7.11 Å². The molecule has 1 fully saturated rings. The van der Waals surface area contributed by atoms with Gasteiger partial charge in [-0.3, -0.25) is 4.79 Å². The van der Waals surface area contributed by atoms with E-state index in [9.17, 15) is 4.79 Å². The molecule has 0 aromatic heterocycles. The van der Waals surface area contributed by atoms with Gasteiger partial charge in [-0.05, 0) is 31.1 Å². The average Bonchev–Trinajstić information content (AvgIpc) is 2.27. The van der Waals surface area contributed by atoms with Gasteiger partial charge in [0.2, 0.25) is 5.91 Å². The maximum absolute atomic E-state index is 12.0. The summed E-state index contributed by atoms with van der Waals surface area (Å²) in [4.78, 5) is 12.0. The summed E-state index contributed by atoms with van der Waals surface area (Å²) in [7, 11) is 1.61. The van der Waals surface area contributed by atoms with Crippen molar-refractivity contribution in [1.82, 2.24) is 5.32 Å². The summed E-state index contributed by atoms with van der Waals surface area (Å²) in [5.41, 5.74) is 0.786. The zero-order chi connectivity index (χ0) is 12.3. The zero-order valence-electron chi connectivity index (χ0n) is 10.6. The predicted octanol–water partition coefficient (Wildman–Crippen LogP) is 1.91. The van der Waals surface area contributed by atoms with Crippen LogP contribution in [0.1, 0.15) is 6.92 Å². The van der Waals surface area contributed by atoms with Crippen molar-refractivity contribution in [3.05, 3.63) is 24.3 Å². The summed E-state index contributed by atoms with van der Waals surface area (Å²) < 4.78 is 5.12. The van der Waals surface area contributed by atoms with E-state index in [0.717, 1.165) is 24.5 Å². The van der Waals surface area contributed by atoms with Gasteiger partial charge in [-0.2, -0.15) is 0 Å². The van der Waals surface area contributed by atoms with Crippen LogP contribution in [0.3, 0.4) is 0 Å². The van der Waals surface area contributed by atoms with Crippen LogP contribution in [-0.2, 0) is 4.79 Å². The van der Waals surface area contributed by atoms with E-state index >= 15 is 0 Å². The summed E-state index contributed by atoms with van der Waals surface area (Å²) in [5.74, 6) is 1.33. The van der Waals surface area contributed by atoms with Crippen molar-refractivity contribution < 1.29 is 9.53 Å². The van der Waals surface area contributed by atoms with Crippen molar-refractivity contribution >= 4 is 24.0 Å². The molecule has 2 N–H and O–H groups in total. The third-order valence-corrected chi connectivity index (χ3v) is 3.27. The third-order valence-electron chi connectivity index (χ3n) is 3.27. The fourth-order valence-corrected chi connectivity index (χ4v) is 1.84. The quantitative estimate of drug-likeness (QED) is 0.879. The molecule has 0 bridgehead atoms. The molecule has 1 aliphatic heterocycles. The summed E-state index contributed by atoms with van der Waals surface area (Å²) in [6.45, 7) is 3.85. The molecule has 1 aromatic rings. The van der Waals surface area contributed by atoms with Crippen molar-refractivity contribution in [2.24, 2.45) is 11.8 Å². The third kappa shape index (κ3) is 3.37. The van der Waals surface area contributed by atoms with Gasteiger partial charge < -0.3 is 15.4 Å². The normalized spacial score (nSPS) is 16.1. The molecular formula is C13H19ClN2O2. The number of ether oxygens (including phenoxy) is 1. The first-order valence-electron chi connectivity index (χ1n) is 5.86. The Kier molecular flexibility index (Phi) is 5.44. The second-order valence-electron chi connectivity index (χ2n) is 4.43. The minimum absolute atomic E-state index is 0. The Hall–Kier alpha value is -1.26. The number of amides is 1. The predicted molar refractivity (Wildman–Crippen MR) is 74.4 cm³/mol. The van der Waals surface area contributed by atoms with E-state index in [1.807, 2.05) is 31.2 Å². The number of benzene rings is 1. The van der Waals surface area contributed by atoms with Gasteiger partial charge in [0.1, 0.15) is 5.75 Å². The number of methoxy groups -OCH3 is 1. The highest BCUT2D eigenvalue weighted by molar-refractivity contribution is 5.92. The van der Waals surface area contributed by atoms with E-state index in [4.69, 9.17) is 4.74 Å². The van der Waals surface area contributed by atoms with Crippen LogP contribution < -0.4 is 15.4 Å². The van der Waals surface area contributed by atoms with Crippen molar-refractivity contribution in [3.63, 3.8) is 0 Å². The molecule has 1 atom stereocenters. The van der Waals surface area contributed by atoms with E-state index < -0.39 is 0 Å². The molecule has 4 nitrogen and oxygen atoms in total. The molecular weight excluding hydrogens is 252 g/mol. The molecule has 1 aromatic carbocycles. The second-order valence-corrected chi connectivity index (χ2v) is 4.43. The number of carbonyl (C=O) groups excluding carboxylic acids is 1. The highest BCUT2D eigenvalue weighted by Gasteiger charge is 2.28. The van der Waals surface area contributed by atoms with Gasteiger partial charge in [-0.25, -0.2) is 0 Å². The first-order chi connectivity index (χ1) is 8.20. The second kappa shape index (κ2) is 6.61. The molecule has 5 heteroatoms. The van der Waals surface area contributed by atoms with Crippen molar-refractivity contribution in [2.45, 2.75) is 6.92 Å². The highest BCUT2D eigenvalue weighted by Crippen LogP contribution is 2.20. The number of halogens is 1. The molecule has 1 saturated heterocycles. The molecule has 18 heavy (non-hydrogen) atoms. The average molecular weight is 271 g/mol. The highest BCUT2D eigenvalue weighted by atomic mass is 35.5. The van der Waals surface area contributed by atoms with E-state index in [-0.39, 0.29) is 24.2 Å². The smallest absolute Gasteiger partial charge is 0.227 e. The van der Waals surface area contributed by atoms with E-state index in [1.165, 1.54) is 0 Å². The lowest BCUT2D eigenvalue weighted by molar-refractivity contribution is -0.121. The Bertz CT molecular complexity index is 408. The molecule has 1 unspecified atom stereocenters. The van der Waals surface area contributed by atoms with Crippen molar-refractivity contribution in [3.8, 4) is 5.75 Å². The number of nitrogens with one attached hydrogen (secondary N) is 2. The van der Waals surface area contributed by atoms with Crippen molar-refractivity contribution in [2.75, 3.05) is 25.5 Å². The maximum Gasteiger partial charge on any atom is 0.227 e. The number of hydrogen-bond acceptors (Lipinski definition) is 3. The SMILES string of the molecule is COc1cccc(NC(=O)C(C)C2CNC2)c1.Cl. The molecule has 0 saturated carbocycles. The molecule has 2 rings (SSSR count). The van der Waals surface area contributed by atoms with E-state index in [1.54, 1.807) is 7.11 Å². The number of rotatable bonds is 4. The summed E-state index contributed by atoms with van der Waals surface area (Å²) >= 11 is 0. The standard InChI is InChI=1S/C13H18N2O2.ClH/c1-9(10-7-14-8-10)13(16)15-11-4-3-5-12(6-11)17-2;/h3-6,9-10,14H,7-8H2,1-2H3,(H,15,16);1H. The lowest BCUT2D eigenvalue weighted by Gasteiger charge is -2.31. The summed E-state index contributed by atoms with van der Waals surface area (Å²) in [5, 5.41) is 6.10. The Morgan fingerprint density at radius 2 is 2.22 bits per heavy atom. The monoisotopic (exact) mass is 270 g/mol. The van der Waals surface area contributed by atoms with Crippen LogP contribution in [0.4, 0.5) is 5.69 Å². The summed E-state index contributed by atoms with van der Waals surface area (Å²) in [6, 6.07) is 7.41. The molecule has 1 heterocycles. The molecule has 0 aliphatic carbocycles. The van der Waals surface area contributed by atoms with Gasteiger partial charge in [0, 0.05) is 17.7 Å². The minimum atomic E-state index is 0. The lowest BCUT2D eigenvalue weighted by atomic mass is 9.88. The number of anilines is 1. The first-order valence-corrected chi connectivity index (χ1v) is 5.86. The topological polar surface area (TPSA) is 50.4 Å². The number of hydrogen-bond donors (Lipinski definition) is 2. The van der Waals surface area contributed by atoms with Gasteiger partial charge in [0.15, 0.2) is 0 Å². The van der Waals surface area contributed by atoms with Crippen LogP contribution in [-0.4, -0.2) is 26.1 Å². The zero-order valence-corrected chi connectivity index (χ0v) is 11.4. The molecule has 0 spiro atoms. The Morgan fingerprint density at radius 1 is 1.50 bits per heavy atom. The van der Waals surface area contributed by atoms with Gasteiger partial charge >= 0.3 is 0 Å².